The summed E-state index contributed by atoms with van der Waals surface area (Å²) in [5.74, 6) is -0.895. The third-order valence-electron chi connectivity index (χ3n) is 2.34. The van der Waals surface area contributed by atoms with Crippen LogP contribution in [0.5, 0.6) is 0 Å². The van der Waals surface area contributed by atoms with Gasteiger partial charge in [0.15, 0.2) is 5.82 Å². The van der Waals surface area contributed by atoms with Crippen molar-refractivity contribution in [1.29, 1.82) is 0 Å². The molecule has 2 N–H and O–H groups in total. The highest BCUT2D eigenvalue weighted by Crippen LogP contribution is 2.24. The van der Waals surface area contributed by atoms with Gasteiger partial charge >= 0.3 is 0 Å². The van der Waals surface area contributed by atoms with E-state index in [4.69, 9.17) is 23.2 Å². The van der Waals surface area contributed by atoms with Gasteiger partial charge in [-0.05, 0) is 18.2 Å². The average Bonchev–Trinajstić information content (AvgIpc) is 2.38. The Balaban J connectivity index is 2.43. The fourth-order valence-corrected chi connectivity index (χ4v) is 2.84. The minimum atomic E-state index is -4.10. The van der Waals surface area contributed by atoms with Gasteiger partial charge in [0.05, 0.1) is 10.7 Å². The number of pyridine rings is 1. The summed E-state index contributed by atoms with van der Waals surface area (Å²) in [4.78, 5) is 12.9. The summed E-state index contributed by atoms with van der Waals surface area (Å²) >= 11 is 11.1. The standard InChI is InChI=1S/C11H7Cl2FN2O3S/c12-7-2-1-3-9(10(7)14)16-20(18,19)6-4-8(13)11(17)15-5-6/h1-5,16H,(H,15,17). The van der Waals surface area contributed by atoms with Crippen molar-refractivity contribution in [3.8, 4) is 0 Å². The van der Waals surface area contributed by atoms with E-state index in [0.29, 0.717) is 0 Å². The molecule has 2 aromatic rings. The Hall–Kier alpha value is -1.57. The maximum Gasteiger partial charge on any atom is 0.266 e. The van der Waals surface area contributed by atoms with Gasteiger partial charge < -0.3 is 4.98 Å². The largest absolute Gasteiger partial charge is 0.326 e. The molecule has 0 spiro atoms. The Kier molecular flexibility index (Phi) is 4.03. The zero-order valence-corrected chi connectivity index (χ0v) is 12.0. The molecule has 0 aliphatic carbocycles. The number of hydrogen-bond acceptors (Lipinski definition) is 3. The van der Waals surface area contributed by atoms with Gasteiger partial charge in [0, 0.05) is 6.20 Å². The van der Waals surface area contributed by atoms with Crippen molar-refractivity contribution in [2.45, 2.75) is 4.90 Å². The average molecular weight is 337 g/mol. The summed E-state index contributed by atoms with van der Waals surface area (Å²) in [6.45, 7) is 0. The number of benzene rings is 1. The molecule has 0 fully saturated rings. The summed E-state index contributed by atoms with van der Waals surface area (Å²) in [5.41, 5.74) is -0.931. The van der Waals surface area contributed by atoms with Crippen LogP contribution in [0.2, 0.25) is 10.0 Å². The van der Waals surface area contributed by atoms with Gasteiger partial charge in [-0.2, -0.15) is 0 Å². The van der Waals surface area contributed by atoms with Crippen LogP contribution in [-0.4, -0.2) is 13.4 Å². The lowest BCUT2D eigenvalue weighted by Gasteiger charge is -2.09. The highest BCUT2D eigenvalue weighted by atomic mass is 35.5. The lowest BCUT2D eigenvalue weighted by atomic mass is 10.3. The van der Waals surface area contributed by atoms with E-state index >= 15 is 0 Å². The first kappa shape index (κ1) is 14.8. The van der Waals surface area contributed by atoms with Crippen molar-refractivity contribution in [3.63, 3.8) is 0 Å². The van der Waals surface area contributed by atoms with Crippen LogP contribution in [0.1, 0.15) is 0 Å². The second-order valence-corrected chi connectivity index (χ2v) is 6.22. The first-order chi connectivity index (χ1) is 9.31. The lowest BCUT2D eigenvalue weighted by Crippen LogP contribution is -2.16. The molecular formula is C11H7Cl2FN2O3S. The first-order valence-electron chi connectivity index (χ1n) is 5.16. The second-order valence-electron chi connectivity index (χ2n) is 3.72. The number of rotatable bonds is 3. The third kappa shape index (κ3) is 2.95. The van der Waals surface area contributed by atoms with Gasteiger partial charge in [-0.15, -0.1) is 0 Å². The van der Waals surface area contributed by atoms with Crippen molar-refractivity contribution in [2.24, 2.45) is 0 Å². The van der Waals surface area contributed by atoms with E-state index in [2.05, 4.69) is 4.98 Å². The number of hydrogen-bond donors (Lipinski definition) is 2. The van der Waals surface area contributed by atoms with E-state index < -0.39 is 21.4 Å². The van der Waals surface area contributed by atoms with Crippen molar-refractivity contribution in [1.82, 2.24) is 4.98 Å². The molecule has 2 rings (SSSR count). The molecule has 0 amide bonds. The highest BCUT2D eigenvalue weighted by Gasteiger charge is 2.18. The van der Waals surface area contributed by atoms with E-state index in [9.17, 15) is 17.6 Å². The molecule has 0 aliphatic rings. The SMILES string of the molecule is O=c1[nH]cc(S(=O)(=O)Nc2cccc(Cl)c2F)cc1Cl. The van der Waals surface area contributed by atoms with Crippen molar-refractivity contribution in [3.05, 3.63) is 56.7 Å². The van der Waals surface area contributed by atoms with E-state index in [1.807, 2.05) is 4.72 Å². The summed E-state index contributed by atoms with van der Waals surface area (Å²) in [6, 6.07) is 4.85. The molecule has 0 atom stereocenters. The third-order valence-corrected chi connectivity index (χ3v) is 4.26. The number of nitrogens with one attached hydrogen (secondary N) is 2. The van der Waals surface area contributed by atoms with Crippen LogP contribution in [0.15, 0.2) is 40.2 Å². The first-order valence-corrected chi connectivity index (χ1v) is 7.40. The molecular weight excluding hydrogens is 330 g/mol. The zero-order valence-electron chi connectivity index (χ0n) is 9.65. The summed E-state index contributed by atoms with van der Waals surface area (Å²) < 4.78 is 39.7. The normalized spacial score (nSPS) is 11.3. The molecule has 106 valence electrons. The fraction of sp³-hybridized carbons (Fsp3) is 0. The Morgan fingerprint density at radius 1 is 1.20 bits per heavy atom. The molecule has 5 nitrogen and oxygen atoms in total. The summed E-state index contributed by atoms with van der Waals surface area (Å²) in [7, 11) is -4.10. The Morgan fingerprint density at radius 2 is 1.90 bits per heavy atom. The van der Waals surface area contributed by atoms with Crippen molar-refractivity contribution >= 4 is 38.9 Å². The molecule has 1 aromatic carbocycles. The molecule has 9 heteroatoms. The topological polar surface area (TPSA) is 79.0 Å². The zero-order chi connectivity index (χ0) is 14.9. The van der Waals surface area contributed by atoms with Gasteiger partial charge in [-0.1, -0.05) is 29.3 Å². The minimum Gasteiger partial charge on any atom is -0.326 e. The molecule has 0 saturated heterocycles. The molecule has 0 aliphatic heterocycles. The van der Waals surface area contributed by atoms with Crippen LogP contribution in [0.4, 0.5) is 10.1 Å². The summed E-state index contributed by atoms with van der Waals surface area (Å²) in [6.07, 6.45) is 0.957. The molecule has 0 bridgehead atoms. The van der Waals surface area contributed by atoms with Crippen molar-refractivity contribution < 1.29 is 12.8 Å². The molecule has 0 radical (unpaired) electrons. The van der Waals surface area contributed by atoms with Gasteiger partial charge in [0.25, 0.3) is 15.6 Å². The van der Waals surface area contributed by atoms with Crippen LogP contribution in [-0.2, 0) is 10.0 Å². The van der Waals surface area contributed by atoms with E-state index in [1.165, 1.54) is 18.2 Å². The van der Waals surface area contributed by atoms with Gasteiger partial charge in [-0.25, -0.2) is 12.8 Å². The Labute approximate surface area is 123 Å². The Morgan fingerprint density at radius 3 is 2.55 bits per heavy atom. The van der Waals surface area contributed by atoms with Crippen LogP contribution >= 0.6 is 23.2 Å². The second kappa shape index (κ2) is 5.43. The van der Waals surface area contributed by atoms with E-state index in [1.54, 1.807) is 0 Å². The predicted molar refractivity (Wildman–Crippen MR) is 74.3 cm³/mol. The molecule has 1 heterocycles. The van der Waals surface area contributed by atoms with Gasteiger partial charge in [-0.3, -0.25) is 9.52 Å². The van der Waals surface area contributed by atoms with E-state index in [0.717, 1.165) is 12.3 Å². The monoisotopic (exact) mass is 336 g/mol. The van der Waals surface area contributed by atoms with E-state index in [-0.39, 0.29) is 20.6 Å². The predicted octanol–water partition coefficient (Wildman–Crippen LogP) is 2.62. The Bertz CT molecular complexity index is 821. The smallest absolute Gasteiger partial charge is 0.266 e. The van der Waals surface area contributed by atoms with Crippen LogP contribution in [0.25, 0.3) is 0 Å². The van der Waals surface area contributed by atoms with Gasteiger partial charge in [0.2, 0.25) is 0 Å². The fourth-order valence-electron chi connectivity index (χ4n) is 1.38. The molecule has 0 unspecified atom stereocenters. The number of anilines is 1. The molecule has 20 heavy (non-hydrogen) atoms. The minimum absolute atomic E-state index is 0.218. The van der Waals surface area contributed by atoms with Gasteiger partial charge in [0.1, 0.15) is 9.92 Å². The maximum atomic E-state index is 13.6. The quantitative estimate of drug-likeness (QED) is 0.904. The summed E-state index contributed by atoms with van der Waals surface area (Å²) in [5, 5.41) is -0.510. The number of halogens is 3. The number of aromatic amines is 1. The van der Waals surface area contributed by atoms with Crippen LogP contribution < -0.4 is 10.3 Å². The maximum absolute atomic E-state index is 13.6. The lowest BCUT2D eigenvalue weighted by molar-refractivity contribution is 0.598. The van der Waals surface area contributed by atoms with Crippen molar-refractivity contribution in [2.75, 3.05) is 4.72 Å². The molecule has 0 saturated carbocycles. The number of sulfonamides is 1. The number of aromatic nitrogens is 1. The molecule has 1 aromatic heterocycles. The van der Waals surface area contributed by atoms with Crippen LogP contribution in [0.3, 0.4) is 0 Å². The highest BCUT2D eigenvalue weighted by molar-refractivity contribution is 7.92. The van der Waals surface area contributed by atoms with Crippen LogP contribution in [0, 0.1) is 5.82 Å². The number of H-pyrrole nitrogens is 1.